The topological polar surface area (TPSA) is 52.1 Å². The van der Waals surface area contributed by atoms with Gasteiger partial charge in [-0.2, -0.15) is 9.97 Å². The van der Waals surface area contributed by atoms with Crippen molar-refractivity contribution in [3.05, 3.63) is 94.2 Å². The maximum absolute atomic E-state index is 6.39. The molecule has 0 atom stereocenters. The first-order valence-electron chi connectivity index (χ1n) is 10.7. The molecular formula is C26H12Cl8N2O2. The van der Waals surface area contributed by atoms with E-state index in [4.69, 9.17) is 102 Å². The van der Waals surface area contributed by atoms with Crippen LogP contribution in [0.3, 0.4) is 0 Å². The first-order valence-corrected chi connectivity index (χ1v) is 13.7. The largest absolute Gasteiger partial charge is 0.434 e. The summed E-state index contributed by atoms with van der Waals surface area (Å²) in [7, 11) is 0. The lowest BCUT2D eigenvalue weighted by atomic mass is 10.1. The summed E-state index contributed by atoms with van der Waals surface area (Å²) in [4.78, 5) is 8.75. The first-order chi connectivity index (χ1) is 17.9. The van der Waals surface area contributed by atoms with Gasteiger partial charge in [0.15, 0.2) is 21.8 Å². The summed E-state index contributed by atoms with van der Waals surface area (Å²) in [5.74, 6) is 1.36. The summed E-state index contributed by atoms with van der Waals surface area (Å²) < 4.78 is 8.91. The first kappa shape index (κ1) is 27.9. The maximum Gasteiger partial charge on any atom is 0.228 e. The third-order valence-electron chi connectivity index (χ3n) is 5.48. The lowest BCUT2D eigenvalue weighted by molar-refractivity contribution is 0.586. The molecule has 0 aliphatic heterocycles. The average molecular weight is 668 g/mol. The Hall–Kier alpha value is -1.60. The van der Waals surface area contributed by atoms with Crippen LogP contribution in [0.1, 0.15) is 11.1 Å². The highest BCUT2D eigenvalue weighted by Crippen LogP contribution is 2.41. The molecule has 0 N–H and O–H groups in total. The zero-order valence-electron chi connectivity index (χ0n) is 18.7. The lowest BCUT2D eigenvalue weighted by Gasteiger charge is -2.11. The summed E-state index contributed by atoms with van der Waals surface area (Å²) in [6.45, 7) is 0. The Kier molecular flexibility index (Phi) is 7.91. The summed E-state index contributed by atoms with van der Waals surface area (Å²) in [5, 5.41) is 0.374. The number of nitrogens with zero attached hydrogens (tertiary/aromatic N) is 2. The molecule has 0 saturated heterocycles. The average Bonchev–Trinajstić information content (AvgIpc) is 3.46. The van der Waals surface area contributed by atoms with Crippen molar-refractivity contribution in [1.29, 1.82) is 0 Å². The van der Waals surface area contributed by atoms with Gasteiger partial charge >= 0.3 is 0 Å². The molecule has 0 amide bonds. The van der Waals surface area contributed by atoms with Gasteiger partial charge < -0.3 is 8.83 Å². The summed E-state index contributed by atoms with van der Waals surface area (Å²) in [5.41, 5.74) is 3.67. The zero-order chi connectivity index (χ0) is 27.2. The number of alkyl halides is 6. The van der Waals surface area contributed by atoms with Crippen LogP contribution in [-0.2, 0) is 7.59 Å². The fourth-order valence-corrected chi connectivity index (χ4v) is 4.82. The zero-order valence-corrected chi connectivity index (χ0v) is 24.7. The highest BCUT2D eigenvalue weighted by atomic mass is 35.6. The summed E-state index contributed by atoms with van der Waals surface area (Å²) in [6, 6.07) is 20.9. The van der Waals surface area contributed by atoms with Gasteiger partial charge in [-0.15, -0.1) is 0 Å². The molecule has 2 aromatic heterocycles. The summed E-state index contributed by atoms with van der Waals surface area (Å²) >= 11 is 48.4. The highest BCUT2D eigenvalue weighted by Gasteiger charge is 2.25. The van der Waals surface area contributed by atoms with E-state index < -0.39 is 7.59 Å². The molecule has 0 saturated carbocycles. The minimum absolute atomic E-state index is 0.187. The van der Waals surface area contributed by atoms with Crippen LogP contribution >= 0.6 is 92.8 Å². The van der Waals surface area contributed by atoms with Crippen molar-refractivity contribution in [3.8, 4) is 45.6 Å². The van der Waals surface area contributed by atoms with Crippen LogP contribution in [0.5, 0.6) is 0 Å². The van der Waals surface area contributed by atoms with Crippen LogP contribution in [0.15, 0.2) is 81.6 Å². The van der Waals surface area contributed by atoms with Gasteiger partial charge in [-0.25, -0.2) is 0 Å². The molecule has 4 nitrogen and oxygen atoms in total. The van der Waals surface area contributed by atoms with Crippen molar-refractivity contribution >= 4 is 92.8 Å². The normalized spacial score (nSPS) is 12.2. The number of hydrogen-bond donors (Lipinski definition) is 0. The molecule has 38 heavy (non-hydrogen) atoms. The van der Waals surface area contributed by atoms with Crippen LogP contribution in [0.4, 0.5) is 0 Å². The second-order valence-corrected chi connectivity index (χ2v) is 13.3. The Bertz CT molecular complexity index is 1480. The van der Waals surface area contributed by atoms with Crippen molar-refractivity contribution < 1.29 is 8.83 Å². The molecular weight excluding hydrogens is 656 g/mol. The van der Waals surface area contributed by atoms with Gasteiger partial charge in [-0.3, -0.25) is 0 Å². The molecule has 0 aliphatic rings. The fourth-order valence-electron chi connectivity index (χ4n) is 3.61. The molecule has 0 spiro atoms. The van der Waals surface area contributed by atoms with Crippen molar-refractivity contribution in [2.45, 2.75) is 7.59 Å². The van der Waals surface area contributed by atoms with Crippen molar-refractivity contribution in [2.24, 2.45) is 0 Å². The Labute approximate surface area is 257 Å². The van der Waals surface area contributed by atoms with Gasteiger partial charge in [0, 0.05) is 33.4 Å². The quantitative estimate of drug-likeness (QED) is 0.179. The third-order valence-corrected chi connectivity index (χ3v) is 7.30. The Balaban J connectivity index is 1.44. The standard InChI is InChI=1S/C26H12Cl8N2O2/c27-21-19(13-4-8-17(9-5-13)25(29,30)31)37-23(35-21)15-2-1-3-16(12-15)24-36-22(28)20(38-24)14-6-10-18(11-7-14)26(32,33)34/h1-12H. The van der Waals surface area contributed by atoms with Crippen LogP contribution < -0.4 is 0 Å². The van der Waals surface area contributed by atoms with Crippen molar-refractivity contribution in [2.75, 3.05) is 0 Å². The van der Waals surface area contributed by atoms with E-state index in [-0.39, 0.29) is 10.3 Å². The van der Waals surface area contributed by atoms with E-state index in [2.05, 4.69) is 9.97 Å². The van der Waals surface area contributed by atoms with Gasteiger partial charge in [0.2, 0.25) is 19.4 Å². The SMILES string of the molecule is Clc1nc(-c2cccc(-c3nc(Cl)c(-c4ccc(C(Cl)(Cl)Cl)cc4)o3)c2)oc1-c1ccc(C(Cl)(Cl)Cl)cc1. The molecule has 0 unspecified atom stereocenters. The van der Waals surface area contributed by atoms with E-state index in [1.165, 1.54) is 0 Å². The molecule has 0 bridgehead atoms. The molecule has 194 valence electrons. The minimum atomic E-state index is -1.54. The van der Waals surface area contributed by atoms with Gasteiger partial charge in [0.1, 0.15) is 0 Å². The Morgan fingerprint density at radius 1 is 0.500 bits per heavy atom. The predicted octanol–water partition coefficient (Wildman–Crippen LogP) is 11.3. The molecule has 5 aromatic rings. The van der Waals surface area contributed by atoms with Crippen LogP contribution in [0.2, 0.25) is 10.3 Å². The smallest absolute Gasteiger partial charge is 0.228 e. The van der Waals surface area contributed by atoms with Gasteiger partial charge in [-0.1, -0.05) is 147 Å². The summed E-state index contributed by atoms with van der Waals surface area (Å²) in [6.07, 6.45) is 0. The number of benzene rings is 3. The van der Waals surface area contributed by atoms with E-state index in [1.807, 2.05) is 18.2 Å². The van der Waals surface area contributed by atoms with E-state index in [0.29, 0.717) is 56.7 Å². The van der Waals surface area contributed by atoms with Gasteiger partial charge in [-0.05, 0) is 18.2 Å². The number of hydrogen-bond acceptors (Lipinski definition) is 4. The molecule has 3 aromatic carbocycles. The molecule has 5 rings (SSSR count). The number of rotatable bonds is 4. The van der Waals surface area contributed by atoms with Gasteiger partial charge in [0.25, 0.3) is 0 Å². The monoisotopic (exact) mass is 664 g/mol. The van der Waals surface area contributed by atoms with E-state index in [1.54, 1.807) is 54.6 Å². The van der Waals surface area contributed by atoms with Crippen LogP contribution in [-0.4, -0.2) is 9.97 Å². The van der Waals surface area contributed by atoms with Crippen LogP contribution in [0, 0.1) is 0 Å². The minimum Gasteiger partial charge on any atom is -0.434 e. The predicted molar refractivity (Wildman–Crippen MR) is 157 cm³/mol. The van der Waals surface area contributed by atoms with Crippen molar-refractivity contribution in [1.82, 2.24) is 9.97 Å². The highest BCUT2D eigenvalue weighted by molar-refractivity contribution is 6.67. The molecule has 0 aliphatic carbocycles. The second-order valence-electron chi connectivity index (χ2n) is 8.01. The molecule has 12 heteroatoms. The maximum atomic E-state index is 6.39. The van der Waals surface area contributed by atoms with E-state index in [9.17, 15) is 0 Å². The molecule has 0 fully saturated rings. The number of aromatic nitrogens is 2. The van der Waals surface area contributed by atoms with E-state index in [0.717, 1.165) is 0 Å². The van der Waals surface area contributed by atoms with Gasteiger partial charge in [0.05, 0.1) is 0 Å². The van der Waals surface area contributed by atoms with E-state index >= 15 is 0 Å². The molecule has 2 heterocycles. The van der Waals surface area contributed by atoms with Crippen LogP contribution in [0.25, 0.3) is 45.6 Å². The Morgan fingerprint density at radius 2 is 0.868 bits per heavy atom. The van der Waals surface area contributed by atoms with Crippen molar-refractivity contribution in [3.63, 3.8) is 0 Å². The third kappa shape index (κ3) is 5.94. The fraction of sp³-hybridized carbons (Fsp3) is 0.0769. The molecule has 0 radical (unpaired) electrons. The Morgan fingerprint density at radius 3 is 1.21 bits per heavy atom. The second kappa shape index (κ2) is 10.8. The number of oxazole rings is 2. The number of halogens is 8. The lowest BCUT2D eigenvalue weighted by Crippen LogP contribution is -1.98.